The second-order valence-electron chi connectivity index (χ2n) is 3.30. The van der Waals surface area contributed by atoms with E-state index in [1.807, 2.05) is 6.07 Å². The lowest BCUT2D eigenvalue weighted by atomic mass is 10.0. The van der Waals surface area contributed by atoms with Crippen molar-refractivity contribution in [2.24, 2.45) is 0 Å². The van der Waals surface area contributed by atoms with Crippen LogP contribution in [0.1, 0.15) is 30.9 Å². The van der Waals surface area contributed by atoms with Gasteiger partial charge in [0.25, 0.3) is 0 Å². The van der Waals surface area contributed by atoms with Gasteiger partial charge in [-0.25, -0.2) is 0 Å². The molecule has 2 heteroatoms. The van der Waals surface area contributed by atoms with Crippen molar-refractivity contribution in [1.29, 1.82) is 5.26 Å². The van der Waals surface area contributed by atoms with Gasteiger partial charge in [-0.05, 0) is 31.4 Å². The summed E-state index contributed by atoms with van der Waals surface area (Å²) in [6.45, 7) is 1.08. The molecule has 1 aliphatic heterocycles. The van der Waals surface area contributed by atoms with Crippen LogP contribution in [-0.4, -0.2) is 4.57 Å². The number of fused-ring (bicyclic) bond motifs is 1. The smallest absolute Gasteiger partial charge is 0.0864 e. The second kappa shape index (κ2) is 3.02. The van der Waals surface area contributed by atoms with E-state index < -0.39 is 0 Å². The number of hydrogen-bond acceptors (Lipinski definition) is 1. The highest BCUT2D eigenvalue weighted by molar-refractivity contribution is 5.19. The van der Waals surface area contributed by atoms with Crippen LogP contribution in [0.25, 0.3) is 0 Å². The summed E-state index contributed by atoms with van der Waals surface area (Å²) in [4.78, 5) is 0. The molecule has 1 aromatic rings. The highest BCUT2D eigenvalue weighted by Gasteiger charge is 2.16. The first-order valence-corrected chi connectivity index (χ1v) is 4.46. The number of hydrogen-bond donors (Lipinski definition) is 0. The lowest BCUT2D eigenvalue weighted by molar-refractivity contribution is 0.633. The minimum Gasteiger partial charge on any atom is -0.350 e. The van der Waals surface area contributed by atoms with Gasteiger partial charge in [0.1, 0.15) is 0 Å². The summed E-state index contributed by atoms with van der Waals surface area (Å²) in [6, 6.07) is 6.47. The molecule has 0 aliphatic carbocycles. The van der Waals surface area contributed by atoms with Crippen molar-refractivity contribution in [3.8, 4) is 6.07 Å². The Bertz CT molecular complexity index is 306. The van der Waals surface area contributed by atoms with Gasteiger partial charge in [-0.3, -0.25) is 0 Å². The average Bonchev–Trinajstić information content (AvgIpc) is 2.46. The van der Waals surface area contributed by atoms with E-state index in [-0.39, 0.29) is 5.92 Å². The number of rotatable bonds is 0. The highest BCUT2D eigenvalue weighted by atomic mass is 15.0. The van der Waals surface area contributed by atoms with E-state index in [1.54, 1.807) is 0 Å². The Hall–Kier alpha value is -1.23. The van der Waals surface area contributed by atoms with Crippen LogP contribution in [0.4, 0.5) is 0 Å². The van der Waals surface area contributed by atoms with Gasteiger partial charge in [-0.1, -0.05) is 0 Å². The van der Waals surface area contributed by atoms with Crippen LogP contribution in [0.15, 0.2) is 18.3 Å². The van der Waals surface area contributed by atoms with E-state index in [2.05, 4.69) is 22.9 Å². The number of nitriles is 1. The monoisotopic (exact) mass is 160 g/mol. The Morgan fingerprint density at radius 1 is 1.50 bits per heavy atom. The van der Waals surface area contributed by atoms with E-state index in [9.17, 15) is 0 Å². The quantitative estimate of drug-likeness (QED) is 0.572. The molecule has 2 heterocycles. The molecule has 1 unspecified atom stereocenters. The molecular weight excluding hydrogens is 148 g/mol. The van der Waals surface area contributed by atoms with Gasteiger partial charge < -0.3 is 4.57 Å². The van der Waals surface area contributed by atoms with Gasteiger partial charge in [0, 0.05) is 18.4 Å². The Balaban J connectivity index is 2.37. The predicted molar refractivity (Wildman–Crippen MR) is 46.6 cm³/mol. The maximum atomic E-state index is 8.92. The first-order valence-electron chi connectivity index (χ1n) is 4.46. The minimum atomic E-state index is 0.127. The zero-order valence-corrected chi connectivity index (χ0v) is 7.03. The lowest BCUT2D eigenvalue weighted by Gasteiger charge is -2.06. The molecule has 2 rings (SSSR count). The van der Waals surface area contributed by atoms with Crippen molar-refractivity contribution in [2.75, 3.05) is 0 Å². The van der Waals surface area contributed by atoms with Gasteiger partial charge in [0.2, 0.25) is 0 Å². The summed E-state index contributed by atoms with van der Waals surface area (Å²) in [5.41, 5.74) is 1.20. The molecule has 0 radical (unpaired) electrons. The lowest BCUT2D eigenvalue weighted by Crippen LogP contribution is -2.01. The molecule has 0 bridgehead atoms. The fourth-order valence-corrected chi connectivity index (χ4v) is 1.86. The third-order valence-corrected chi connectivity index (χ3v) is 2.52. The van der Waals surface area contributed by atoms with Crippen molar-refractivity contribution >= 4 is 0 Å². The molecule has 12 heavy (non-hydrogen) atoms. The summed E-state index contributed by atoms with van der Waals surface area (Å²) in [5.74, 6) is 0.127. The Morgan fingerprint density at radius 3 is 3.25 bits per heavy atom. The van der Waals surface area contributed by atoms with Crippen LogP contribution < -0.4 is 0 Å². The second-order valence-corrected chi connectivity index (χ2v) is 3.30. The molecule has 1 atom stereocenters. The first-order chi connectivity index (χ1) is 5.92. The third kappa shape index (κ3) is 1.12. The zero-order chi connectivity index (χ0) is 8.39. The molecule has 1 aliphatic rings. The van der Waals surface area contributed by atoms with Crippen LogP contribution >= 0.6 is 0 Å². The largest absolute Gasteiger partial charge is 0.350 e. The SMILES string of the molecule is N#CC1CCCCn2cccc21. The fraction of sp³-hybridized carbons (Fsp3) is 0.500. The van der Waals surface area contributed by atoms with E-state index in [1.165, 1.54) is 18.5 Å². The molecule has 0 saturated heterocycles. The van der Waals surface area contributed by atoms with E-state index >= 15 is 0 Å². The normalized spacial score (nSPS) is 22.4. The topological polar surface area (TPSA) is 28.7 Å². The van der Waals surface area contributed by atoms with Crippen molar-refractivity contribution in [3.63, 3.8) is 0 Å². The molecule has 2 nitrogen and oxygen atoms in total. The van der Waals surface area contributed by atoms with Crippen LogP contribution in [-0.2, 0) is 6.54 Å². The third-order valence-electron chi connectivity index (χ3n) is 2.52. The number of aromatic nitrogens is 1. The molecule has 0 fully saturated rings. The number of nitrogens with zero attached hydrogens (tertiary/aromatic N) is 2. The molecule has 1 aromatic heterocycles. The van der Waals surface area contributed by atoms with E-state index in [0.29, 0.717) is 0 Å². The van der Waals surface area contributed by atoms with Gasteiger partial charge in [-0.15, -0.1) is 0 Å². The summed E-state index contributed by atoms with van der Waals surface area (Å²) >= 11 is 0. The summed E-state index contributed by atoms with van der Waals surface area (Å²) < 4.78 is 2.21. The molecule has 0 amide bonds. The van der Waals surface area contributed by atoms with Crippen molar-refractivity contribution in [2.45, 2.75) is 31.7 Å². The molecular formula is C10H12N2. The van der Waals surface area contributed by atoms with Gasteiger partial charge in [0.15, 0.2) is 0 Å². The first kappa shape index (κ1) is 7.42. The molecule has 0 N–H and O–H groups in total. The average molecular weight is 160 g/mol. The molecule has 62 valence electrons. The van der Waals surface area contributed by atoms with E-state index in [4.69, 9.17) is 5.26 Å². The Labute approximate surface area is 72.4 Å². The highest BCUT2D eigenvalue weighted by Crippen LogP contribution is 2.25. The maximum absolute atomic E-state index is 8.92. The van der Waals surface area contributed by atoms with E-state index in [0.717, 1.165) is 13.0 Å². The maximum Gasteiger partial charge on any atom is 0.0864 e. The fourth-order valence-electron chi connectivity index (χ4n) is 1.86. The zero-order valence-electron chi connectivity index (χ0n) is 7.03. The van der Waals surface area contributed by atoms with Crippen molar-refractivity contribution in [1.82, 2.24) is 4.57 Å². The van der Waals surface area contributed by atoms with Gasteiger partial charge in [0.05, 0.1) is 12.0 Å². The van der Waals surface area contributed by atoms with Gasteiger partial charge in [-0.2, -0.15) is 5.26 Å². The van der Waals surface area contributed by atoms with Crippen LogP contribution in [0.5, 0.6) is 0 Å². The Kier molecular flexibility index (Phi) is 1.87. The Morgan fingerprint density at radius 2 is 2.42 bits per heavy atom. The summed E-state index contributed by atoms with van der Waals surface area (Å²) in [5, 5.41) is 8.92. The van der Waals surface area contributed by atoms with Crippen LogP contribution in [0.3, 0.4) is 0 Å². The van der Waals surface area contributed by atoms with Crippen LogP contribution in [0, 0.1) is 11.3 Å². The minimum absolute atomic E-state index is 0.127. The van der Waals surface area contributed by atoms with Crippen LogP contribution in [0.2, 0.25) is 0 Å². The number of aryl methyl sites for hydroxylation is 1. The molecule has 0 spiro atoms. The predicted octanol–water partition coefficient (Wildman–Crippen LogP) is 2.28. The standard InChI is InChI=1S/C10H12N2/c11-8-9-4-1-2-6-12-7-3-5-10(9)12/h3,5,7,9H,1-2,4,6H2. The van der Waals surface area contributed by atoms with Crippen molar-refractivity contribution < 1.29 is 0 Å². The molecule has 0 saturated carbocycles. The van der Waals surface area contributed by atoms with Gasteiger partial charge >= 0.3 is 0 Å². The van der Waals surface area contributed by atoms with Crippen molar-refractivity contribution in [3.05, 3.63) is 24.0 Å². The summed E-state index contributed by atoms with van der Waals surface area (Å²) in [7, 11) is 0. The summed E-state index contributed by atoms with van der Waals surface area (Å²) in [6.07, 6.45) is 5.49. The molecule has 0 aromatic carbocycles.